The number of aryl methyl sites for hydroxylation is 2. The average Bonchev–Trinajstić information content (AvgIpc) is 3.66. The second-order valence-corrected chi connectivity index (χ2v) is 15.3. The van der Waals surface area contributed by atoms with Gasteiger partial charge in [0.1, 0.15) is 24.1 Å². The van der Waals surface area contributed by atoms with E-state index in [-0.39, 0.29) is 29.8 Å². The molecule has 1 aliphatic rings. The van der Waals surface area contributed by atoms with Gasteiger partial charge in [-0.2, -0.15) is 0 Å². The highest BCUT2D eigenvalue weighted by molar-refractivity contribution is 7.92. The quantitative estimate of drug-likeness (QED) is 0.126. The summed E-state index contributed by atoms with van der Waals surface area (Å²) in [6.45, 7) is 3.46. The van der Waals surface area contributed by atoms with Gasteiger partial charge in [0.15, 0.2) is 0 Å². The summed E-state index contributed by atoms with van der Waals surface area (Å²) in [7, 11) is -4.23. The number of carbonyl (C=O) groups is 2. The molecule has 1 fully saturated rings. The minimum absolute atomic E-state index is 0.0386. The van der Waals surface area contributed by atoms with Crippen LogP contribution in [-0.2, 0) is 32.6 Å². The highest BCUT2D eigenvalue weighted by Gasteiger charge is 2.35. The van der Waals surface area contributed by atoms with Gasteiger partial charge in [0, 0.05) is 19.0 Å². The van der Waals surface area contributed by atoms with Crippen molar-refractivity contribution in [1.29, 1.82) is 0 Å². The predicted molar refractivity (Wildman–Crippen MR) is 205 cm³/mol. The molecule has 0 bridgehead atoms. The van der Waals surface area contributed by atoms with Crippen LogP contribution in [0.25, 0.3) is 0 Å². The molecule has 1 saturated carbocycles. The predicted octanol–water partition coefficient (Wildman–Crippen LogP) is 7.99. The minimum Gasteiger partial charge on any atom is -0.457 e. The highest BCUT2D eigenvalue weighted by Crippen LogP contribution is 2.29. The molecule has 0 saturated heterocycles. The minimum atomic E-state index is -4.23. The Balaban J connectivity index is 1.39. The Labute approximate surface area is 307 Å². The van der Waals surface area contributed by atoms with Crippen LogP contribution in [0.4, 0.5) is 5.69 Å². The summed E-state index contributed by atoms with van der Waals surface area (Å²) in [6, 6.07) is 39.1. The Bertz CT molecular complexity index is 2050. The van der Waals surface area contributed by atoms with E-state index >= 15 is 0 Å². The third-order valence-corrected chi connectivity index (χ3v) is 11.2. The second-order valence-electron chi connectivity index (χ2n) is 13.4. The summed E-state index contributed by atoms with van der Waals surface area (Å²) >= 11 is 0. The summed E-state index contributed by atoms with van der Waals surface area (Å²) in [4.78, 5) is 30.7. The van der Waals surface area contributed by atoms with Crippen LogP contribution in [0.2, 0.25) is 0 Å². The lowest BCUT2D eigenvalue weighted by molar-refractivity contribution is -0.140. The van der Waals surface area contributed by atoms with E-state index in [1.165, 1.54) is 0 Å². The van der Waals surface area contributed by atoms with E-state index in [1.54, 1.807) is 53.4 Å². The lowest BCUT2D eigenvalue weighted by Crippen LogP contribution is -2.54. The highest BCUT2D eigenvalue weighted by atomic mass is 32.2. The number of nitrogens with one attached hydrogen (secondary N) is 1. The van der Waals surface area contributed by atoms with Gasteiger partial charge in [0.25, 0.3) is 10.0 Å². The van der Waals surface area contributed by atoms with Crippen molar-refractivity contribution < 1.29 is 22.7 Å². The van der Waals surface area contributed by atoms with Gasteiger partial charge in [-0.25, -0.2) is 8.42 Å². The Morgan fingerprint density at radius 2 is 1.35 bits per heavy atom. The molecular weight excluding hydrogens is 671 g/mol. The maximum absolute atomic E-state index is 14.8. The largest absolute Gasteiger partial charge is 0.457 e. The summed E-state index contributed by atoms with van der Waals surface area (Å²) in [6.07, 6.45) is 4.14. The third kappa shape index (κ3) is 9.27. The van der Waals surface area contributed by atoms with E-state index in [0.717, 1.165) is 52.2 Å². The number of para-hydroxylation sites is 1. The van der Waals surface area contributed by atoms with Crippen LogP contribution in [-0.4, -0.2) is 43.8 Å². The Kier molecular flexibility index (Phi) is 11.7. The summed E-state index contributed by atoms with van der Waals surface area (Å²) in [5.74, 6) is 0.416. The SMILES string of the molecule is Cc1ccc(S(=O)(=O)N(CC(=O)N(Cc2cccc(C)c2)[C@H](Cc2ccccc2)C(=O)NC2CCCC2)c2ccc(Oc3ccccc3)cc2)cc1. The molecule has 5 aromatic carbocycles. The van der Waals surface area contributed by atoms with Crippen molar-refractivity contribution in [1.82, 2.24) is 10.2 Å². The van der Waals surface area contributed by atoms with Crippen molar-refractivity contribution in [2.75, 3.05) is 10.8 Å². The molecule has 1 N–H and O–H groups in total. The Hall–Kier alpha value is -5.41. The number of carbonyl (C=O) groups excluding carboxylic acids is 2. The molecule has 5 aromatic rings. The lowest BCUT2D eigenvalue weighted by atomic mass is 10.0. The van der Waals surface area contributed by atoms with Crippen LogP contribution < -0.4 is 14.4 Å². The number of anilines is 1. The lowest BCUT2D eigenvalue weighted by Gasteiger charge is -2.34. The summed E-state index contributed by atoms with van der Waals surface area (Å²) in [5, 5.41) is 3.23. The number of benzene rings is 5. The fourth-order valence-electron chi connectivity index (χ4n) is 6.60. The van der Waals surface area contributed by atoms with E-state index in [9.17, 15) is 18.0 Å². The first-order valence-corrected chi connectivity index (χ1v) is 19.2. The Morgan fingerprint density at radius 3 is 2.00 bits per heavy atom. The molecular formula is C43H45N3O5S. The van der Waals surface area contributed by atoms with Crippen LogP contribution in [0.3, 0.4) is 0 Å². The molecule has 0 unspecified atom stereocenters. The van der Waals surface area contributed by atoms with Gasteiger partial charge in [0.2, 0.25) is 11.8 Å². The molecule has 0 aromatic heterocycles. The van der Waals surface area contributed by atoms with Gasteiger partial charge in [0.05, 0.1) is 10.6 Å². The van der Waals surface area contributed by atoms with Gasteiger partial charge in [-0.15, -0.1) is 0 Å². The second kappa shape index (κ2) is 16.7. The van der Waals surface area contributed by atoms with Gasteiger partial charge in [-0.3, -0.25) is 13.9 Å². The average molecular weight is 716 g/mol. The van der Waals surface area contributed by atoms with E-state index in [1.807, 2.05) is 98.8 Å². The topological polar surface area (TPSA) is 96.0 Å². The van der Waals surface area contributed by atoms with Gasteiger partial charge in [-0.1, -0.05) is 109 Å². The molecule has 52 heavy (non-hydrogen) atoms. The number of rotatable bonds is 14. The fraction of sp³-hybridized carbons (Fsp3) is 0.256. The van der Waals surface area contributed by atoms with Crippen LogP contribution in [0.15, 0.2) is 138 Å². The molecule has 268 valence electrons. The number of hydrogen-bond donors (Lipinski definition) is 1. The standard InChI is InChI=1S/C43H45N3O5S/c1-32-20-26-40(27-21-32)52(49,50)46(37-22-24-39(25-23-37)51-38-18-7-4-8-19-38)31-42(47)45(30-35-15-11-12-33(2)28-35)41(29-34-13-5-3-6-14-34)43(48)44-36-16-9-10-17-36/h3-8,11-15,18-28,36,41H,9-10,16-17,29-31H2,1-2H3,(H,44,48)/t41-/m1/s1. The zero-order valence-electron chi connectivity index (χ0n) is 29.7. The molecule has 1 atom stereocenters. The van der Waals surface area contributed by atoms with Crippen molar-refractivity contribution in [3.05, 3.63) is 156 Å². The van der Waals surface area contributed by atoms with Crippen LogP contribution in [0.5, 0.6) is 11.5 Å². The summed E-state index contributed by atoms with van der Waals surface area (Å²) < 4.78 is 36.0. The molecule has 6 rings (SSSR count). The van der Waals surface area contributed by atoms with Crippen molar-refractivity contribution in [3.63, 3.8) is 0 Å². The molecule has 0 heterocycles. The molecule has 0 spiro atoms. The van der Waals surface area contributed by atoms with Crippen molar-refractivity contribution in [3.8, 4) is 11.5 Å². The zero-order chi connectivity index (χ0) is 36.5. The molecule has 0 aliphatic heterocycles. The van der Waals surface area contributed by atoms with Crippen LogP contribution in [0.1, 0.15) is 47.9 Å². The zero-order valence-corrected chi connectivity index (χ0v) is 30.5. The first kappa shape index (κ1) is 36.4. The van der Waals surface area contributed by atoms with E-state index in [4.69, 9.17) is 4.74 Å². The van der Waals surface area contributed by atoms with Crippen LogP contribution in [0, 0.1) is 13.8 Å². The first-order valence-electron chi connectivity index (χ1n) is 17.8. The normalized spacial score (nSPS) is 13.7. The van der Waals surface area contributed by atoms with E-state index in [2.05, 4.69) is 5.32 Å². The molecule has 8 nitrogen and oxygen atoms in total. The maximum Gasteiger partial charge on any atom is 0.264 e. The van der Waals surface area contributed by atoms with Gasteiger partial charge < -0.3 is 15.0 Å². The summed E-state index contributed by atoms with van der Waals surface area (Å²) in [5.41, 5.74) is 3.95. The monoisotopic (exact) mass is 715 g/mol. The molecule has 0 radical (unpaired) electrons. The smallest absolute Gasteiger partial charge is 0.264 e. The number of sulfonamides is 1. The number of hydrogen-bond acceptors (Lipinski definition) is 5. The van der Waals surface area contributed by atoms with Gasteiger partial charge in [-0.05, 0) is 86.3 Å². The molecule has 9 heteroatoms. The van der Waals surface area contributed by atoms with Gasteiger partial charge >= 0.3 is 0 Å². The first-order chi connectivity index (χ1) is 25.2. The molecule has 1 aliphatic carbocycles. The van der Waals surface area contributed by atoms with Crippen molar-refractivity contribution in [2.45, 2.75) is 69.5 Å². The fourth-order valence-corrected chi connectivity index (χ4v) is 8.01. The van der Waals surface area contributed by atoms with Crippen molar-refractivity contribution in [2.24, 2.45) is 0 Å². The third-order valence-electron chi connectivity index (χ3n) is 9.40. The van der Waals surface area contributed by atoms with Crippen molar-refractivity contribution >= 4 is 27.5 Å². The number of nitrogens with zero attached hydrogens (tertiary/aromatic N) is 2. The maximum atomic E-state index is 14.8. The van der Waals surface area contributed by atoms with E-state index < -0.39 is 28.5 Å². The number of ether oxygens (including phenoxy) is 1. The molecule has 2 amide bonds. The van der Waals surface area contributed by atoms with E-state index in [0.29, 0.717) is 17.2 Å². The van der Waals surface area contributed by atoms with Crippen LogP contribution >= 0.6 is 0 Å². The number of amides is 2. The Morgan fingerprint density at radius 1 is 0.731 bits per heavy atom.